The van der Waals surface area contributed by atoms with Gasteiger partial charge in [-0.05, 0) is 32.0 Å². The average molecular weight is 330 g/mol. The van der Waals surface area contributed by atoms with Crippen molar-refractivity contribution in [3.05, 3.63) is 29.8 Å². The summed E-state index contributed by atoms with van der Waals surface area (Å²) in [4.78, 5) is -0.409. The lowest BCUT2D eigenvalue weighted by molar-refractivity contribution is -0.137. The van der Waals surface area contributed by atoms with Gasteiger partial charge in [0, 0.05) is 18.5 Å². The number of rotatable bonds is 4. The van der Waals surface area contributed by atoms with Gasteiger partial charge < -0.3 is 0 Å². The Balaban J connectivity index is 3.31. The third kappa shape index (κ3) is 3.45. The van der Waals surface area contributed by atoms with E-state index in [0.29, 0.717) is 6.07 Å². The number of alkyl halides is 4. The molecule has 20 heavy (non-hydrogen) atoms. The van der Waals surface area contributed by atoms with Crippen LogP contribution in [0.5, 0.6) is 0 Å². The number of nitrogens with zero attached hydrogens (tertiary/aromatic N) is 1. The van der Waals surface area contributed by atoms with Crippen LogP contribution < -0.4 is 0 Å². The van der Waals surface area contributed by atoms with Crippen LogP contribution in [0, 0.1) is 0 Å². The summed E-state index contributed by atoms with van der Waals surface area (Å²) < 4.78 is 63.5. The molecule has 0 radical (unpaired) electrons. The van der Waals surface area contributed by atoms with E-state index < -0.39 is 32.2 Å². The molecule has 0 heterocycles. The molecule has 0 aliphatic carbocycles. The zero-order valence-corrected chi connectivity index (χ0v) is 12.8. The summed E-state index contributed by atoms with van der Waals surface area (Å²) in [6.45, 7) is 3.18. The van der Waals surface area contributed by atoms with Gasteiger partial charge in [0.25, 0.3) is 0 Å². The first kappa shape index (κ1) is 17.3. The lowest BCUT2D eigenvalue weighted by atomic mass is 10.1. The minimum absolute atomic E-state index is 0.0156. The number of hydrogen-bond donors (Lipinski definition) is 0. The first-order valence-corrected chi connectivity index (χ1v) is 7.62. The van der Waals surface area contributed by atoms with E-state index in [9.17, 15) is 21.6 Å². The van der Waals surface area contributed by atoms with Crippen molar-refractivity contribution in [2.45, 2.75) is 30.5 Å². The second kappa shape index (κ2) is 5.54. The van der Waals surface area contributed by atoms with Crippen molar-refractivity contribution in [3.8, 4) is 0 Å². The van der Waals surface area contributed by atoms with Gasteiger partial charge in [-0.25, -0.2) is 8.42 Å². The van der Waals surface area contributed by atoms with Gasteiger partial charge in [-0.1, -0.05) is 6.07 Å². The molecule has 0 saturated carbocycles. The average Bonchev–Trinajstić information content (AvgIpc) is 2.37. The van der Waals surface area contributed by atoms with Gasteiger partial charge in [-0.2, -0.15) is 17.5 Å². The summed E-state index contributed by atoms with van der Waals surface area (Å²) in [5.74, 6) is 0.0156. The van der Waals surface area contributed by atoms with E-state index in [1.165, 1.54) is 7.05 Å². The monoisotopic (exact) mass is 329 g/mol. The number of halogens is 4. The van der Waals surface area contributed by atoms with Crippen LogP contribution in [0.25, 0.3) is 0 Å². The molecule has 3 nitrogen and oxygen atoms in total. The molecule has 0 amide bonds. The largest absolute Gasteiger partial charge is 0.416 e. The predicted octanol–water partition coefficient (Wildman–Crippen LogP) is 3.34. The topological polar surface area (TPSA) is 37.4 Å². The van der Waals surface area contributed by atoms with Crippen LogP contribution in [-0.2, 0) is 16.2 Å². The van der Waals surface area contributed by atoms with Crippen LogP contribution in [-0.4, -0.2) is 31.2 Å². The summed E-state index contributed by atoms with van der Waals surface area (Å²) in [6, 6.07) is 3.64. The Morgan fingerprint density at radius 2 is 1.80 bits per heavy atom. The molecular weight excluding hydrogens is 315 g/mol. The molecule has 0 aromatic heterocycles. The molecule has 0 fully saturated rings. The maximum atomic E-state index is 12.6. The summed E-state index contributed by atoms with van der Waals surface area (Å²) >= 11 is 5.70. The van der Waals surface area contributed by atoms with Gasteiger partial charge in [0.1, 0.15) is 0 Å². The van der Waals surface area contributed by atoms with Crippen LogP contribution in [0.1, 0.15) is 19.4 Å². The maximum absolute atomic E-state index is 12.6. The summed E-state index contributed by atoms with van der Waals surface area (Å²) in [5, 5.41) is 0. The molecular formula is C12H15ClF3NO2S. The Morgan fingerprint density at radius 3 is 2.25 bits per heavy atom. The highest BCUT2D eigenvalue weighted by atomic mass is 35.5. The molecule has 1 aromatic carbocycles. The van der Waals surface area contributed by atoms with Gasteiger partial charge in [-0.3, -0.25) is 0 Å². The van der Waals surface area contributed by atoms with Gasteiger partial charge >= 0.3 is 6.18 Å². The zero-order chi connectivity index (χ0) is 15.8. The van der Waals surface area contributed by atoms with Gasteiger partial charge in [0.15, 0.2) is 0 Å². The fourth-order valence-electron chi connectivity index (χ4n) is 1.40. The van der Waals surface area contributed by atoms with Crippen molar-refractivity contribution in [2.75, 3.05) is 12.9 Å². The lowest BCUT2D eigenvalue weighted by Gasteiger charge is -2.32. The predicted molar refractivity (Wildman–Crippen MR) is 71.2 cm³/mol. The third-order valence-corrected chi connectivity index (χ3v) is 5.72. The van der Waals surface area contributed by atoms with Crippen LogP contribution in [0.2, 0.25) is 0 Å². The van der Waals surface area contributed by atoms with Crippen molar-refractivity contribution >= 4 is 21.6 Å². The van der Waals surface area contributed by atoms with Crippen molar-refractivity contribution < 1.29 is 21.6 Å². The summed E-state index contributed by atoms with van der Waals surface area (Å²) in [5.41, 5.74) is -1.91. The molecule has 114 valence electrons. The fraction of sp³-hybridized carbons (Fsp3) is 0.500. The Hall–Kier alpha value is -0.790. The minimum Gasteiger partial charge on any atom is -0.207 e. The quantitative estimate of drug-likeness (QED) is 0.794. The first-order chi connectivity index (χ1) is 8.93. The van der Waals surface area contributed by atoms with E-state index in [1.54, 1.807) is 13.8 Å². The Kier molecular flexibility index (Phi) is 4.78. The molecule has 1 aromatic rings. The fourth-order valence-corrected chi connectivity index (χ4v) is 3.21. The van der Waals surface area contributed by atoms with Gasteiger partial charge in [0.05, 0.1) is 10.5 Å². The smallest absolute Gasteiger partial charge is 0.207 e. The molecule has 0 atom stereocenters. The molecule has 8 heteroatoms. The van der Waals surface area contributed by atoms with E-state index in [1.807, 2.05) is 0 Å². The van der Waals surface area contributed by atoms with Crippen molar-refractivity contribution in [1.29, 1.82) is 0 Å². The highest BCUT2D eigenvalue weighted by Gasteiger charge is 2.36. The molecule has 1 rings (SSSR count). The standard InChI is InChI=1S/C12H15ClF3NO2S/c1-11(2,8-13)17(3)20(18,19)10-6-4-5-9(7-10)12(14,15)16/h4-7H,8H2,1-3H3. The molecule has 0 spiro atoms. The summed E-state index contributed by atoms with van der Waals surface area (Å²) in [6.07, 6.45) is -4.59. The number of benzene rings is 1. The summed E-state index contributed by atoms with van der Waals surface area (Å²) in [7, 11) is -2.75. The molecule has 0 aliphatic rings. The van der Waals surface area contributed by atoms with Crippen LogP contribution in [0.3, 0.4) is 0 Å². The van der Waals surface area contributed by atoms with E-state index in [4.69, 9.17) is 11.6 Å². The molecule has 0 saturated heterocycles. The van der Waals surface area contributed by atoms with Crippen LogP contribution in [0.15, 0.2) is 29.2 Å². The number of hydrogen-bond acceptors (Lipinski definition) is 2. The Morgan fingerprint density at radius 1 is 1.25 bits per heavy atom. The molecule has 0 aliphatic heterocycles. The van der Waals surface area contributed by atoms with Crippen molar-refractivity contribution in [3.63, 3.8) is 0 Å². The third-order valence-electron chi connectivity index (χ3n) is 3.00. The Labute approximate surface area is 121 Å². The molecule has 0 N–H and O–H groups in total. The van der Waals surface area contributed by atoms with Crippen LogP contribution in [0.4, 0.5) is 13.2 Å². The second-order valence-electron chi connectivity index (χ2n) is 4.94. The number of sulfonamides is 1. The van der Waals surface area contributed by atoms with Crippen LogP contribution >= 0.6 is 11.6 Å². The first-order valence-electron chi connectivity index (χ1n) is 5.65. The second-order valence-corrected chi connectivity index (χ2v) is 7.18. The van der Waals surface area contributed by atoms with Gasteiger partial charge in [-0.15, -0.1) is 11.6 Å². The van der Waals surface area contributed by atoms with E-state index in [-0.39, 0.29) is 5.88 Å². The minimum atomic E-state index is -4.59. The van der Waals surface area contributed by atoms with E-state index in [2.05, 4.69) is 0 Å². The normalized spacial score (nSPS) is 13.8. The van der Waals surface area contributed by atoms with Crippen molar-refractivity contribution in [2.24, 2.45) is 0 Å². The zero-order valence-electron chi connectivity index (χ0n) is 11.2. The lowest BCUT2D eigenvalue weighted by Crippen LogP contribution is -2.46. The van der Waals surface area contributed by atoms with Crippen molar-refractivity contribution in [1.82, 2.24) is 4.31 Å². The Bertz CT molecular complexity index is 585. The van der Waals surface area contributed by atoms with Gasteiger partial charge in [0.2, 0.25) is 10.0 Å². The highest BCUT2D eigenvalue weighted by Crippen LogP contribution is 2.32. The SMILES string of the molecule is CN(C(C)(C)CCl)S(=O)(=O)c1cccc(C(F)(F)F)c1. The van der Waals surface area contributed by atoms with E-state index in [0.717, 1.165) is 22.5 Å². The maximum Gasteiger partial charge on any atom is 0.416 e. The van der Waals surface area contributed by atoms with E-state index >= 15 is 0 Å². The molecule has 0 unspecified atom stereocenters. The molecule has 0 bridgehead atoms. The highest BCUT2D eigenvalue weighted by molar-refractivity contribution is 7.89.